The molecule has 164 valence electrons. The standard InChI is InChI=1S/C20H19FN8O3/c21-15-3-5-16(6-4-15)23-18-24-19(26-20(25-18)28-9-11-32-12-10-28)27-22-13-14-1-7-17(8-2-14)29(30)31/h1-8,13H,9-12H2,(H2,23,24,25,26,27)/b22-13+. The van der Waals surface area contributed by atoms with Crippen molar-refractivity contribution >= 4 is 35.4 Å². The van der Waals surface area contributed by atoms with Crippen LogP contribution in [-0.2, 0) is 4.74 Å². The van der Waals surface area contributed by atoms with Gasteiger partial charge in [0.1, 0.15) is 5.82 Å². The average Bonchev–Trinajstić information content (AvgIpc) is 2.81. The lowest BCUT2D eigenvalue weighted by Gasteiger charge is -2.27. The normalized spacial score (nSPS) is 13.8. The number of nitro benzene ring substituents is 1. The van der Waals surface area contributed by atoms with E-state index in [1.54, 1.807) is 24.3 Å². The summed E-state index contributed by atoms with van der Waals surface area (Å²) in [6, 6.07) is 11.8. The summed E-state index contributed by atoms with van der Waals surface area (Å²) in [6.07, 6.45) is 1.50. The van der Waals surface area contributed by atoms with Gasteiger partial charge in [-0.15, -0.1) is 0 Å². The molecular formula is C20H19FN8O3. The van der Waals surface area contributed by atoms with E-state index in [4.69, 9.17) is 4.74 Å². The second-order valence-corrected chi connectivity index (χ2v) is 6.73. The maximum Gasteiger partial charge on any atom is 0.269 e. The van der Waals surface area contributed by atoms with Gasteiger partial charge in [-0.25, -0.2) is 9.82 Å². The van der Waals surface area contributed by atoms with Crippen LogP contribution in [0.4, 0.5) is 33.6 Å². The largest absolute Gasteiger partial charge is 0.378 e. The van der Waals surface area contributed by atoms with Gasteiger partial charge in [-0.05, 0) is 42.0 Å². The molecule has 0 amide bonds. The number of hydrogen-bond acceptors (Lipinski definition) is 10. The molecule has 0 radical (unpaired) electrons. The lowest BCUT2D eigenvalue weighted by molar-refractivity contribution is -0.384. The number of nitrogens with zero attached hydrogens (tertiary/aromatic N) is 6. The van der Waals surface area contributed by atoms with Crippen molar-refractivity contribution in [2.45, 2.75) is 0 Å². The number of ether oxygens (including phenoxy) is 1. The molecule has 2 heterocycles. The lowest BCUT2D eigenvalue weighted by Crippen LogP contribution is -2.37. The number of benzene rings is 2. The van der Waals surface area contributed by atoms with E-state index in [2.05, 4.69) is 30.8 Å². The van der Waals surface area contributed by atoms with E-state index in [0.29, 0.717) is 43.5 Å². The number of anilines is 4. The van der Waals surface area contributed by atoms with Crippen LogP contribution in [0.25, 0.3) is 0 Å². The minimum absolute atomic E-state index is 0.000705. The molecule has 0 aliphatic carbocycles. The van der Waals surface area contributed by atoms with Gasteiger partial charge in [0.25, 0.3) is 5.69 Å². The number of rotatable bonds is 7. The summed E-state index contributed by atoms with van der Waals surface area (Å²) in [5.41, 5.74) is 4.04. The summed E-state index contributed by atoms with van der Waals surface area (Å²) in [7, 11) is 0. The maximum absolute atomic E-state index is 13.2. The Balaban J connectivity index is 1.53. The second-order valence-electron chi connectivity index (χ2n) is 6.73. The molecule has 0 saturated carbocycles. The summed E-state index contributed by atoms with van der Waals surface area (Å²) in [6.45, 7) is 2.39. The van der Waals surface area contributed by atoms with Crippen LogP contribution < -0.4 is 15.6 Å². The first-order valence-electron chi connectivity index (χ1n) is 9.72. The summed E-state index contributed by atoms with van der Waals surface area (Å²) in [4.78, 5) is 25.4. The summed E-state index contributed by atoms with van der Waals surface area (Å²) < 4.78 is 18.6. The van der Waals surface area contributed by atoms with Crippen molar-refractivity contribution < 1.29 is 14.1 Å². The lowest BCUT2D eigenvalue weighted by atomic mass is 10.2. The van der Waals surface area contributed by atoms with Gasteiger partial charge in [0, 0.05) is 30.9 Å². The van der Waals surface area contributed by atoms with Crippen LogP contribution in [0.2, 0.25) is 0 Å². The molecule has 1 saturated heterocycles. The highest BCUT2D eigenvalue weighted by Gasteiger charge is 2.16. The first kappa shape index (κ1) is 21.1. The van der Waals surface area contributed by atoms with Gasteiger partial charge < -0.3 is 15.0 Å². The Kier molecular flexibility index (Phi) is 6.41. The molecule has 2 N–H and O–H groups in total. The molecule has 1 aliphatic rings. The van der Waals surface area contributed by atoms with Crippen molar-refractivity contribution in [1.29, 1.82) is 0 Å². The Morgan fingerprint density at radius 1 is 1.03 bits per heavy atom. The number of nitro groups is 1. The quantitative estimate of drug-likeness (QED) is 0.325. The van der Waals surface area contributed by atoms with E-state index in [1.165, 1.54) is 30.5 Å². The van der Waals surface area contributed by atoms with Crippen molar-refractivity contribution in [3.8, 4) is 0 Å². The van der Waals surface area contributed by atoms with Gasteiger partial charge in [-0.2, -0.15) is 20.1 Å². The third kappa shape index (κ3) is 5.49. The second kappa shape index (κ2) is 9.75. The Labute approximate surface area is 182 Å². The first-order chi connectivity index (χ1) is 15.6. The van der Waals surface area contributed by atoms with Gasteiger partial charge in [0.05, 0.1) is 24.4 Å². The zero-order chi connectivity index (χ0) is 22.3. The molecule has 0 spiro atoms. The SMILES string of the molecule is O=[N+]([O-])c1ccc(/C=N/Nc2nc(Nc3ccc(F)cc3)nc(N3CCOCC3)n2)cc1. The van der Waals surface area contributed by atoms with Gasteiger partial charge in [-0.1, -0.05) is 0 Å². The van der Waals surface area contributed by atoms with Crippen LogP contribution in [-0.4, -0.2) is 52.4 Å². The molecule has 0 bridgehead atoms. The number of non-ortho nitro benzene ring substituents is 1. The molecular weight excluding hydrogens is 419 g/mol. The third-order valence-electron chi connectivity index (χ3n) is 4.50. The van der Waals surface area contributed by atoms with E-state index in [-0.39, 0.29) is 23.4 Å². The number of nitrogens with one attached hydrogen (secondary N) is 2. The van der Waals surface area contributed by atoms with E-state index < -0.39 is 4.92 Å². The summed E-state index contributed by atoms with van der Waals surface area (Å²) in [5, 5.41) is 17.9. The van der Waals surface area contributed by atoms with Crippen LogP contribution in [0, 0.1) is 15.9 Å². The topological polar surface area (TPSA) is 131 Å². The minimum atomic E-state index is -0.465. The van der Waals surface area contributed by atoms with Crippen molar-refractivity contribution in [2.24, 2.45) is 5.10 Å². The van der Waals surface area contributed by atoms with Crippen LogP contribution >= 0.6 is 0 Å². The summed E-state index contributed by atoms with van der Waals surface area (Å²) in [5.74, 6) is 0.564. The molecule has 11 nitrogen and oxygen atoms in total. The maximum atomic E-state index is 13.2. The number of halogens is 1. The Morgan fingerprint density at radius 2 is 1.72 bits per heavy atom. The number of morpholine rings is 1. The minimum Gasteiger partial charge on any atom is -0.378 e. The zero-order valence-corrected chi connectivity index (χ0v) is 16.8. The monoisotopic (exact) mass is 438 g/mol. The van der Waals surface area contributed by atoms with Gasteiger partial charge in [0.15, 0.2) is 0 Å². The first-order valence-corrected chi connectivity index (χ1v) is 9.72. The fraction of sp³-hybridized carbons (Fsp3) is 0.200. The smallest absolute Gasteiger partial charge is 0.269 e. The van der Waals surface area contributed by atoms with Crippen molar-refractivity contribution in [1.82, 2.24) is 15.0 Å². The molecule has 4 rings (SSSR count). The number of aromatic nitrogens is 3. The molecule has 0 atom stereocenters. The molecule has 12 heteroatoms. The van der Waals surface area contributed by atoms with Crippen LogP contribution in [0.5, 0.6) is 0 Å². The summed E-state index contributed by atoms with van der Waals surface area (Å²) >= 11 is 0. The van der Waals surface area contributed by atoms with Gasteiger partial charge in [0.2, 0.25) is 17.8 Å². The predicted molar refractivity (Wildman–Crippen MR) is 117 cm³/mol. The molecule has 1 aromatic heterocycles. The fourth-order valence-corrected chi connectivity index (χ4v) is 2.88. The van der Waals surface area contributed by atoms with Crippen LogP contribution in [0.3, 0.4) is 0 Å². The van der Waals surface area contributed by atoms with E-state index >= 15 is 0 Å². The van der Waals surface area contributed by atoms with E-state index in [0.717, 1.165) is 0 Å². The predicted octanol–water partition coefficient (Wildman–Crippen LogP) is 2.95. The highest BCUT2D eigenvalue weighted by molar-refractivity contribution is 5.80. The van der Waals surface area contributed by atoms with Crippen LogP contribution in [0.15, 0.2) is 53.6 Å². The Hall–Kier alpha value is -4.19. The highest BCUT2D eigenvalue weighted by Crippen LogP contribution is 2.19. The van der Waals surface area contributed by atoms with Crippen molar-refractivity contribution in [3.05, 3.63) is 70.0 Å². The molecule has 0 unspecified atom stereocenters. The molecule has 2 aromatic carbocycles. The molecule has 1 aliphatic heterocycles. The zero-order valence-electron chi connectivity index (χ0n) is 16.8. The average molecular weight is 438 g/mol. The number of hydrogen-bond donors (Lipinski definition) is 2. The van der Waals surface area contributed by atoms with Crippen molar-refractivity contribution in [2.75, 3.05) is 41.9 Å². The third-order valence-corrected chi connectivity index (χ3v) is 4.50. The number of hydrazone groups is 1. The van der Waals surface area contributed by atoms with Gasteiger partial charge >= 0.3 is 0 Å². The Bertz CT molecular complexity index is 1100. The van der Waals surface area contributed by atoms with Crippen molar-refractivity contribution in [3.63, 3.8) is 0 Å². The van der Waals surface area contributed by atoms with Crippen LogP contribution in [0.1, 0.15) is 5.56 Å². The van der Waals surface area contributed by atoms with E-state index in [9.17, 15) is 14.5 Å². The Morgan fingerprint density at radius 3 is 2.41 bits per heavy atom. The van der Waals surface area contributed by atoms with E-state index in [1.807, 2.05) is 4.90 Å². The fourth-order valence-electron chi connectivity index (χ4n) is 2.88. The highest BCUT2D eigenvalue weighted by atomic mass is 19.1. The molecule has 3 aromatic rings. The van der Waals surface area contributed by atoms with Gasteiger partial charge in [-0.3, -0.25) is 10.1 Å². The molecule has 32 heavy (non-hydrogen) atoms. The molecule has 1 fully saturated rings.